The van der Waals surface area contributed by atoms with Crippen LogP contribution in [0.25, 0.3) is 0 Å². The van der Waals surface area contributed by atoms with Crippen LogP contribution in [0, 0.1) is 11.2 Å². The van der Waals surface area contributed by atoms with Gasteiger partial charge in [-0.1, -0.05) is 26.0 Å². The van der Waals surface area contributed by atoms with Crippen molar-refractivity contribution < 1.29 is 23.5 Å². The van der Waals surface area contributed by atoms with Crippen LogP contribution in [0.1, 0.15) is 58.9 Å². The first-order chi connectivity index (χ1) is 14.1. The van der Waals surface area contributed by atoms with Gasteiger partial charge in [0.25, 0.3) is 0 Å². The Morgan fingerprint density at radius 3 is 2.67 bits per heavy atom. The molecule has 1 atom stereocenters. The number of rotatable bonds is 6. The fourth-order valence-corrected chi connectivity index (χ4v) is 4.22. The normalized spacial score (nSPS) is 20.9. The topological polar surface area (TPSA) is 64.6 Å². The standard InChI is InChI=1S/C24H30FNO4/c1-14(2)29-9-10-30-23(28)20-15(3)26-18-12-24(4,5)13-19(27)22(18)21(20)16-7-6-8-17(25)11-16/h6-8,11,14,21,26H,9-10,12-13H2,1-5H3/t21-/m1/s1. The minimum absolute atomic E-state index is 0.0241. The average Bonchev–Trinajstić information content (AvgIpc) is 2.62. The van der Waals surface area contributed by atoms with Crippen molar-refractivity contribution in [2.45, 2.75) is 59.5 Å². The van der Waals surface area contributed by atoms with Crippen LogP contribution in [0.3, 0.4) is 0 Å². The van der Waals surface area contributed by atoms with E-state index in [1.165, 1.54) is 12.1 Å². The molecule has 1 aliphatic heterocycles. The molecule has 1 aromatic rings. The predicted molar refractivity (Wildman–Crippen MR) is 112 cm³/mol. The number of nitrogens with one attached hydrogen (secondary N) is 1. The second kappa shape index (κ2) is 8.72. The molecule has 0 bridgehead atoms. The number of halogens is 1. The second-order valence-corrected chi connectivity index (χ2v) is 9.04. The van der Waals surface area contributed by atoms with E-state index in [0.717, 1.165) is 5.70 Å². The summed E-state index contributed by atoms with van der Waals surface area (Å²) < 4.78 is 24.9. The van der Waals surface area contributed by atoms with E-state index in [9.17, 15) is 14.0 Å². The third-order valence-electron chi connectivity index (χ3n) is 5.41. The van der Waals surface area contributed by atoms with E-state index in [0.29, 0.717) is 35.2 Å². The first kappa shape index (κ1) is 22.2. The maximum atomic E-state index is 14.1. The molecule has 5 nitrogen and oxygen atoms in total. The molecule has 30 heavy (non-hydrogen) atoms. The first-order valence-corrected chi connectivity index (χ1v) is 10.4. The van der Waals surface area contributed by atoms with Crippen LogP contribution in [-0.2, 0) is 19.1 Å². The molecule has 1 aromatic carbocycles. The van der Waals surface area contributed by atoms with E-state index in [4.69, 9.17) is 9.47 Å². The van der Waals surface area contributed by atoms with Gasteiger partial charge in [0.15, 0.2) is 5.78 Å². The highest BCUT2D eigenvalue weighted by atomic mass is 19.1. The summed E-state index contributed by atoms with van der Waals surface area (Å²) >= 11 is 0. The van der Waals surface area contributed by atoms with E-state index in [-0.39, 0.29) is 30.5 Å². The lowest BCUT2D eigenvalue weighted by atomic mass is 9.68. The number of carbonyl (C=O) groups excluding carboxylic acids is 2. The molecule has 1 aliphatic carbocycles. The molecular weight excluding hydrogens is 385 g/mol. The zero-order valence-corrected chi connectivity index (χ0v) is 18.3. The quantitative estimate of drug-likeness (QED) is 0.551. The number of hydrogen-bond acceptors (Lipinski definition) is 5. The minimum atomic E-state index is -0.654. The van der Waals surface area contributed by atoms with Crippen LogP contribution in [0.5, 0.6) is 0 Å². The van der Waals surface area contributed by atoms with E-state index < -0.39 is 17.7 Å². The van der Waals surface area contributed by atoms with Crippen molar-refractivity contribution in [1.82, 2.24) is 5.32 Å². The van der Waals surface area contributed by atoms with Crippen LogP contribution in [0.15, 0.2) is 46.8 Å². The smallest absolute Gasteiger partial charge is 0.336 e. The number of carbonyl (C=O) groups is 2. The molecule has 2 aliphatic rings. The molecule has 6 heteroatoms. The number of ether oxygens (including phenoxy) is 2. The average molecular weight is 416 g/mol. The molecule has 1 N–H and O–H groups in total. The Bertz CT molecular complexity index is 914. The summed E-state index contributed by atoms with van der Waals surface area (Å²) in [6.07, 6.45) is 1.10. The molecule has 0 unspecified atom stereocenters. The minimum Gasteiger partial charge on any atom is -0.460 e. The van der Waals surface area contributed by atoms with E-state index in [2.05, 4.69) is 5.32 Å². The maximum absolute atomic E-state index is 14.1. The van der Waals surface area contributed by atoms with Crippen LogP contribution in [-0.4, -0.2) is 31.1 Å². The maximum Gasteiger partial charge on any atom is 0.336 e. The fourth-order valence-electron chi connectivity index (χ4n) is 4.22. The number of hydrogen-bond donors (Lipinski definition) is 1. The van der Waals surface area contributed by atoms with Gasteiger partial charge in [-0.05, 0) is 50.3 Å². The van der Waals surface area contributed by atoms with Gasteiger partial charge >= 0.3 is 5.97 Å². The SMILES string of the molecule is CC1=C(C(=O)OCCOC(C)C)[C@@H](c2cccc(F)c2)C2=C(CC(C)(C)CC2=O)N1. The summed E-state index contributed by atoms with van der Waals surface area (Å²) in [5.74, 6) is -1.61. The number of esters is 1. The van der Waals surface area contributed by atoms with Gasteiger partial charge in [0.1, 0.15) is 12.4 Å². The first-order valence-electron chi connectivity index (χ1n) is 10.4. The number of dihydropyridines is 1. The summed E-state index contributed by atoms with van der Waals surface area (Å²) in [5.41, 5.74) is 2.71. The zero-order chi connectivity index (χ0) is 22.1. The Kier molecular flexibility index (Phi) is 6.46. The molecule has 0 fully saturated rings. The molecule has 0 radical (unpaired) electrons. The van der Waals surface area contributed by atoms with Crippen LogP contribution >= 0.6 is 0 Å². The molecule has 3 rings (SSSR count). The number of allylic oxidation sites excluding steroid dienone is 3. The van der Waals surface area contributed by atoms with Gasteiger partial charge in [-0.3, -0.25) is 4.79 Å². The van der Waals surface area contributed by atoms with E-state index in [1.54, 1.807) is 19.1 Å². The predicted octanol–water partition coefficient (Wildman–Crippen LogP) is 4.40. The summed E-state index contributed by atoms with van der Waals surface area (Å²) in [7, 11) is 0. The van der Waals surface area contributed by atoms with Crippen molar-refractivity contribution in [1.29, 1.82) is 0 Å². The number of Topliss-reactive ketones (excluding diaryl/α,β-unsaturated/α-hetero) is 1. The van der Waals surface area contributed by atoms with Crippen LogP contribution in [0.2, 0.25) is 0 Å². The second-order valence-electron chi connectivity index (χ2n) is 9.04. The highest BCUT2D eigenvalue weighted by Crippen LogP contribution is 2.46. The third kappa shape index (κ3) is 4.81. The Morgan fingerprint density at radius 1 is 1.27 bits per heavy atom. The Morgan fingerprint density at radius 2 is 2.00 bits per heavy atom. The van der Waals surface area contributed by atoms with E-state index >= 15 is 0 Å². The Balaban J connectivity index is 1.99. The molecule has 0 saturated heterocycles. The summed E-state index contributed by atoms with van der Waals surface area (Å²) in [6, 6.07) is 6.08. The Labute approximate surface area is 177 Å². The van der Waals surface area contributed by atoms with Gasteiger partial charge in [-0.25, -0.2) is 9.18 Å². The number of benzene rings is 1. The van der Waals surface area contributed by atoms with Crippen molar-refractivity contribution in [2.75, 3.05) is 13.2 Å². The lowest BCUT2D eigenvalue weighted by Gasteiger charge is -2.39. The third-order valence-corrected chi connectivity index (χ3v) is 5.41. The van der Waals surface area contributed by atoms with Gasteiger partial charge in [-0.15, -0.1) is 0 Å². The zero-order valence-electron chi connectivity index (χ0n) is 18.3. The highest BCUT2D eigenvalue weighted by molar-refractivity contribution is 6.04. The Hall–Kier alpha value is -2.47. The van der Waals surface area contributed by atoms with E-state index in [1.807, 2.05) is 27.7 Å². The highest BCUT2D eigenvalue weighted by Gasteiger charge is 2.43. The van der Waals surface area contributed by atoms with Crippen molar-refractivity contribution in [3.05, 3.63) is 58.2 Å². The van der Waals surface area contributed by atoms with Crippen LogP contribution in [0.4, 0.5) is 4.39 Å². The van der Waals surface area contributed by atoms with Gasteiger partial charge in [0, 0.05) is 29.3 Å². The molecule has 1 heterocycles. The van der Waals surface area contributed by atoms with Crippen molar-refractivity contribution in [3.63, 3.8) is 0 Å². The monoisotopic (exact) mass is 415 g/mol. The summed E-state index contributed by atoms with van der Waals surface area (Å²) in [6.45, 7) is 10.1. The summed E-state index contributed by atoms with van der Waals surface area (Å²) in [5, 5.41) is 3.27. The van der Waals surface area contributed by atoms with Gasteiger partial charge in [0.05, 0.1) is 18.3 Å². The molecule has 0 saturated carbocycles. The molecule has 0 spiro atoms. The molecule has 0 aromatic heterocycles. The van der Waals surface area contributed by atoms with Gasteiger partial charge < -0.3 is 14.8 Å². The molecular formula is C24H30FNO4. The fraction of sp³-hybridized carbons (Fsp3) is 0.500. The number of ketones is 1. The lowest BCUT2D eigenvalue weighted by molar-refractivity contribution is -0.141. The molecule has 162 valence electrons. The van der Waals surface area contributed by atoms with Gasteiger partial charge in [-0.2, -0.15) is 0 Å². The largest absolute Gasteiger partial charge is 0.460 e. The lowest BCUT2D eigenvalue weighted by Crippen LogP contribution is -2.38. The van der Waals surface area contributed by atoms with Crippen molar-refractivity contribution in [3.8, 4) is 0 Å². The van der Waals surface area contributed by atoms with Crippen LogP contribution < -0.4 is 5.32 Å². The molecule has 0 amide bonds. The van der Waals surface area contributed by atoms with Gasteiger partial charge in [0.2, 0.25) is 0 Å². The van der Waals surface area contributed by atoms with Crippen molar-refractivity contribution >= 4 is 11.8 Å². The van der Waals surface area contributed by atoms with Crippen molar-refractivity contribution in [2.24, 2.45) is 5.41 Å². The summed E-state index contributed by atoms with van der Waals surface area (Å²) in [4.78, 5) is 26.2.